The number of thioether (sulfide) groups is 1. The second-order valence-electron chi connectivity index (χ2n) is 3.38. The summed E-state index contributed by atoms with van der Waals surface area (Å²) < 4.78 is 5.02. The van der Waals surface area contributed by atoms with E-state index in [0.717, 1.165) is 25.4 Å². The zero-order chi connectivity index (χ0) is 10.9. The van der Waals surface area contributed by atoms with Gasteiger partial charge in [-0.05, 0) is 11.4 Å². The Morgan fingerprint density at radius 3 is 3.13 bits per heavy atom. The molecule has 0 aliphatic carbocycles. The van der Waals surface area contributed by atoms with Crippen molar-refractivity contribution in [3.05, 3.63) is 22.4 Å². The van der Waals surface area contributed by atoms with Crippen LogP contribution in [-0.2, 0) is 11.3 Å². The van der Waals surface area contributed by atoms with Gasteiger partial charge in [0, 0.05) is 36.1 Å². The molecule has 0 spiro atoms. The van der Waals surface area contributed by atoms with Gasteiger partial charge in [-0.3, -0.25) is 0 Å². The van der Waals surface area contributed by atoms with Crippen molar-refractivity contribution in [3.63, 3.8) is 0 Å². The van der Waals surface area contributed by atoms with Crippen LogP contribution in [0.2, 0.25) is 0 Å². The second kappa shape index (κ2) is 8.16. The molecule has 0 aromatic carbocycles. The smallest absolute Gasteiger partial charge is 0.0553 e. The van der Waals surface area contributed by atoms with Gasteiger partial charge < -0.3 is 10.1 Å². The lowest BCUT2D eigenvalue weighted by molar-refractivity contribution is 0.218. The molecule has 0 saturated carbocycles. The number of hydrogen-bond donors (Lipinski definition) is 1. The fraction of sp³-hybridized carbons (Fsp3) is 0.636. The molecule has 0 amide bonds. The van der Waals surface area contributed by atoms with Gasteiger partial charge in [-0.2, -0.15) is 11.8 Å². The summed E-state index contributed by atoms with van der Waals surface area (Å²) in [5.41, 5.74) is 0. The van der Waals surface area contributed by atoms with Gasteiger partial charge in [-0.25, -0.2) is 0 Å². The second-order valence-corrected chi connectivity index (χ2v) is 5.96. The Bertz CT molecular complexity index is 239. The number of thiophene rings is 1. The van der Waals surface area contributed by atoms with E-state index in [9.17, 15) is 0 Å². The van der Waals surface area contributed by atoms with E-state index < -0.39 is 0 Å². The molecule has 4 heteroatoms. The van der Waals surface area contributed by atoms with Crippen molar-refractivity contribution in [2.45, 2.75) is 18.7 Å². The van der Waals surface area contributed by atoms with Gasteiger partial charge in [0.2, 0.25) is 0 Å². The Labute approximate surface area is 100 Å². The first kappa shape index (κ1) is 13.0. The predicted octanol–water partition coefficient (Wildman–Crippen LogP) is 2.61. The third-order valence-electron chi connectivity index (χ3n) is 2.00. The van der Waals surface area contributed by atoms with Gasteiger partial charge in [-0.15, -0.1) is 11.3 Å². The molecule has 0 bridgehead atoms. The molecule has 0 radical (unpaired) electrons. The molecule has 1 heterocycles. The highest BCUT2D eigenvalue weighted by atomic mass is 32.2. The monoisotopic (exact) mass is 245 g/mol. The SMILES string of the molecule is COCCSC(C)CNCc1cccs1. The molecule has 1 aromatic rings. The van der Waals surface area contributed by atoms with Crippen LogP contribution in [-0.4, -0.2) is 31.3 Å². The summed E-state index contributed by atoms with van der Waals surface area (Å²) in [5.74, 6) is 1.08. The van der Waals surface area contributed by atoms with Crippen molar-refractivity contribution in [2.75, 3.05) is 26.0 Å². The number of ether oxygens (including phenoxy) is 1. The molecular formula is C11H19NOS2. The van der Waals surface area contributed by atoms with E-state index in [1.807, 2.05) is 11.8 Å². The van der Waals surface area contributed by atoms with E-state index in [1.54, 1.807) is 18.4 Å². The minimum atomic E-state index is 0.653. The highest BCUT2D eigenvalue weighted by Crippen LogP contribution is 2.10. The Balaban J connectivity index is 1.99. The van der Waals surface area contributed by atoms with Gasteiger partial charge >= 0.3 is 0 Å². The fourth-order valence-electron chi connectivity index (χ4n) is 1.20. The molecule has 0 aliphatic heterocycles. The molecule has 0 saturated heterocycles. The highest BCUT2D eigenvalue weighted by Gasteiger charge is 2.01. The van der Waals surface area contributed by atoms with E-state index in [0.29, 0.717) is 5.25 Å². The molecule has 1 N–H and O–H groups in total. The largest absolute Gasteiger partial charge is 0.384 e. The van der Waals surface area contributed by atoms with Crippen LogP contribution in [0, 0.1) is 0 Å². The van der Waals surface area contributed by atoms with Crippen LogP contribution in [0.4, 0.5) is 0 Å². The molecule has 0 aliphatic rings. The van der Waals surface area contributed by atoms with Crippen LogP contribution < -0.4 is 5.32 Å². The maximum Gasteiger partial charge on any atom is 0.0553 e. The summed E-state index contributed by atoms with van der Waals surface area (Å²) in [6.07, 6.45) is 0. The topological polar surface area (TPSA) is 21.3 Å². The molecule has 1 atom stereocenters. The summed E-state index contributed by atoms with van der Waals surface area (Å²) in [6.45, 7) is 5.15. The molecule has 2 nitrogen and oxygen atoms in total. The lowest BCUT2D eigenvalue weighted by Gasteiger charge is -2.11. The van der Waals surface area contributed by atoms with Gasteiger partial charge in [-0.1, -0.05) is 13.0 Å². The molecule has 1 aromatic heterocycles. The van der Waals surface area contributed by atoms with Crippen LogP contribution in [0.3, 0.4) is 0 Å². The van der Waals surface area contributed by atoms with Crippen LogP contribution in [0.25, 0.3) is 0 Å². The van der Waals surface area contributed by atoms with E-state index in [2.05, 4.69) is 29.8 Å². The maximum atomic E-state index is 5.02. The summed E-state index contributed by atoms with van der Waals surface area (Å²) in [7, 11) is 1.75. The first-order chi connectivity index (χ1) is 7.33. The third-order valence-corrected chi connectivity index (χ3v) is 4.02. The standard InChI is InChI=1S/C11H19NOS2/c1-10(14-7-5-13-2)8-12-9-11-4-3-6-15-11/h3-4,6,10,12H,5,7-9H2,1-2H3. The molecule has 0 fully saturated rings. The van der Waals surface area contributed by atoms with E-state index in [4.69, 9.17) is 4.74 Å². The Kier molecular flexibility index (Phi) is 7.09. The zero-order valence-corrected chi connectivity index (χ0v) is 11.0. The molecular weight excluding hydrogens is 226 g/mol. The molecule has 1 rings (SSSR count). The number of hydrogen-bond acceptors (Lipinski definition) is 4. The Hall–Kier alpha value is -0.0300. The van der Waals surface area contributed by atoms with Crippen molar-refractivity contribution < 1.29 is 4.74 Å². The van der Waals surface area contributed by atoms with Crippen molar-refractivity contribution in [1.29, 1.82) is 0 Å². The summed E-state index contributed by atoms with van der Waals surface area (Å²) >= 11 is 3.76. The van der Waals surface area contributed by atoms with Gasteiger partial charge in [0.15, 0.2) is 0 Å². The number of nitrogens with one attached hydrogen (secondary N) is 1. The fourth-order valence-corrected chi connectivity index (χ4v) is 2.78. The minimum Gasteiger partial charge on any atom is -0.384 e. The lowest BCUT2D eigenvalue weighted by atomic mass is 10.4. The number of rotatable bonds is 8. The highest BCUT2D eigenvalue weighted by molar-refractivity contribution is 7.99. The van der Waals surface area contributed by atoms with Crippen LogP contribution in [0.15, 0.2) is 17.5 Å². The van der Waals surface area contributed by atoms with E-state index in [1.165, 1.54) is 4.88 Å². The van der Waals surface area contributed by atoms with Gasteiger partial charge in [0.1, 0.15) is 0 Å². The van der Waals surface area contributed by atoms with Crippen molar-refractivity contribution in [3.8, 4) is 0 Å². The summed E-state index contributed by atoms with van der Waals surface area (Å²) in [5, 5.41) is 6.23. The Morgan fingerprint density at radius 1 is 1.60 bits per heavy atom. The lowest BCUT2D eigenvalue weighted by Crippen LogP contribution is -2.22. The Morgan fingerprint density at radius 2 is 2.47 bits per heavy atom. The third kappa shape index (κ3) is 6.20. The quantitative estimate of drug-likeness (QED) is 0.711. The minimum absolute atomic E-state index is 0.653. The number of methoxy groups -OCH3 is 1. The van der Waals surface area contributed by atoms with E-state index >= 15 is 0 Å². The molecule has 15 heavy (non-hydrogen) atoms. The normalized spacial score (nSPS) is 12.9. The average Bonchev–Trinajstić information content (AvgIpc) is 2.71. The van der Waals surface area contributed by atoms with Crippen molar-refractivity contribution >= 4 is 23.1 Å². The average molecular weight is 245 g/mol. The maximum absolute atomic E-state index is 5.02. The van der Waals surface area contributed by atoms with Crippen LogP contribution >= 0.6 is 23.1 Å². The summed E-state index contributed by atoms with van der Waals surface area (Å²) in [4.78, 5) is 1.41. The van der Waals surface area contributed by atoms with Gasteiger partial charge in [0.05, 0.1) is 6.61 Å². The molecule has 1 unspecified atom stereocenters. The van der Waals surface area contributed by atoms with Crippen molar-refractivity contribution in [1.82, 2.24) is 5.32 Å². The predicted molar refractivity (Wildman–Crippen MR) is 69.8 cm³/mol. The zero-order valence-electron chi connectivity index (χ0n) is 9.36. The van der Waals surface area contributed by atoms with E-state index in [-0.39, 0.29) is 0 Å². The first-order valence-corrected chi connectivity index (χ1v) is 7.09. The first-order valence-electron chi connectivity index (χ1n) is 5.16. The van der Waals surface area contributed by atoms with Crippen molar-refractivity contribution in [2.24, 2.45) is 0 Å². The molecule has 86 valence electrons. The van der Waals surface area contributed by atoms with Crippen LogP contribution in [0.1, 0.15) is 11.8 Å². The summed E-state index contributed by atoms with van der Waals surface area (Å²) in [6, 6.07) is 4.26. The van der Waals surface area contributed by atoms with Crippen LogP contribution in [0.5, 0.6) is 0 Å². The van der Waals surface area contributed by atoms with Gasteiger partial charge in [0.25, 0.3) is 0 Å².